The van der Waals surface area contributed by atoms with Gasteiger partial charge in [-0.3, -0.25) is 4.90 Å². The van der Waals surface area contributed by atoms with E-state index in [9.17, 15) is 0 Å². The third kappa shape index (κ3) is 3.48. The van der Waals surface area contributed by atoms with Gasteiger partial charge in [-0.15, -0.1) is 14.5 Å². The number of nitrogens with zero attached hydrogens (tertiary/aromatic N) is 5. The molecule has 0 saturated carbocycles. The van der Waals surface area contributed by atoms with E-state index in [0.29, 0.717) is 23.2 Å². The molecule has 8 heteroatoms. The van der Waals surface area contributed by atoms with E-state index in [1.165, 1.54) is 5.56 Å². The van der Waals surface area contributed by atoms with E-state index in [-0.39, 0.29) is 0 Å². The van der Waals surface area contributed by atoms with Crippen LogP contribution in [-0.4, -0.2) is 58.1 Å². The van der Waals surface area contributed by atoms with Crippen LogP contribution in [0, 0.1) is 0 Å². The van der Waals surface area contributed by atoms with E-state index in [0.717, 1.165) is 44.0 Å². The van der Waals surface area contributed by atoms with Crippen LogP contribution in [0.2, 0.25) is 0 Å². The fourth-order valence-corrected chi connectivity index (χ4v) is 3.77. The Morgan fingerprint density at radius 2 is 1.93 bits per heavy atom. The third-order valence-corrected chi connectivity index (χ3v) is 5.44. The average Bonchev–Trinajstić information content (AvgIpc) is 3.40. The molecule has 1 aromatic carbocycles. The molecule has 1 aliphatic rings. The highest BCUT2D eigenvalue weighted by atomic mass is 16.3. The van der Waals surface area contributed by atoms with E-state index >= 15 is 0 Å². The zero-order chi connectivity index (χ0) is 19.8. The molecule has 3 aromatic heterocycles. The summed E-state index contributed by atoms with van der Waals surface area (Å²) in [6, 6.07) is 14.0. The second-order valence-corrected chi connectivity index (χ2v) is 7.48. The van der Waals surface area contributed by atoms with Gasteiger partial charge in [0.15, 0.2) is 5.76 Å². The zero-order valence-corrected chi connectivity index (χ0v) is 16.4. The van der Waals surface area contributed by atoms with Gasteiger partial charge in [0.25, 0.3) is 11.5 Å². The first-order chi connectivity index (χ1) is 14.2. The molecule has 1 saturated heterocycles. The van der Waals surface area contributed by atoms with Crippen LogP contribution in [-0.2, 0) is 6.54 Å². The van der Waals surface area contributed by atoms with Gasteiger partial charge >= 0.3 is 5.95 Å². The highest BCUT2D eigenvalue weighted by Gasteiger charge is 2.21. The molecule has 3 N–H and O–H groups in total. The standard InChI is InChI=1S/C21H23N7O/c1-26-8-10-27(11-9-26)14-15-5-2-3-6-16(15)17-13-19-24-20(18-7-4-12-29-18)25-28(19)21(22)23-17/h2-7,12-13H,8-11,14H2,1H3,(H2,22,23,24,25)/p+1. The second-order valence-electron chi connectivity index (χ2n) is 7.48. The number of piperazine rings is 1. The first-order valence-electron chi connectivity index (χ1n) is 9.79. The summed E-state index contributed by atoms with van der Waals surface area (Å²) >= 11 is 0. The fraction of sp³-hybridized carbons (Fsp3) is 0.286. The average molecular weight is 390 g/mol. The molecule has 1 aliphatic heterocycles. The molecule has 4 aromatic rings. The van der Waals surface area contributed by atoms with Crippen molar-refractivity contribution in [2.24, 2.45) is 0 Å². The number of furan rings is 1. The number of hydrogen-bond donors (Lipinski definition) is 2. The number of likely N-dealkylation sites (N-methyl/N-ethyl adjacent to an activating group) is 1. The number of nitrogen functional groups attached to an aromatic ring is 1. The molecular formula is C21H24N7O+. The molecule has 0 bridgehead atoms. The Balaban J connectivity index is 1.51. The quantitative estimate of drug-likeness (QED) is 0.517. The number of benzene rings is 1. The number of H-pyrrole nitrogens is 1. The highest BCUT2D eigenvalue weighted by Crippen LogP contribution is 2.25. The monoisotopic (exact) mass is 390 g/mol. The van der Waals surface area contributed by atoms with Crippen molar-refractivity contribution in [3.8, 4) is 22.8 Å². The Morgan fingerprint density at radius 3 is 2.72 bits per heavy atom. The van der Waals surface area contributed by atoms with E-state index < -0.39 is 0 Å². The first kappa shape index (κ1) is 17.8. The maximum Gasteiger partial charge on any atom is 0.367 e. The Labute approximate surface area is 168 Å². The lowest BCUT2D eigenvalue weighted by Crippen LogP contribution is -2.43. The molecule has 1 fully saturated rings. The van der Waals surface area contributed by atoms with Crippen molar-refractivity contribution >= 4 is 11.6 Å². The van der Waals surface area contributed by atoms with Crippen LogP contribution in [0.4, 0.5) is 5.95 Å². The smallest absolute Gasteiger partial charge is 0.367 e. The van der Waals surface area contributed by atoms with Crippen LogP contribution in [0.1, 0.15) is 5.56 Å². The van der Waals surface area contributed by atoms with Gasteiger partial charge in [-0.1, -0.05) is 24.3 Å². The minimum absolute atomic E-state index is 0.359. The van der Waals surface area contributed by atoms with Crippen molar-refractivity contribution in [1.82, 2.24) is 24.9 Å². The van der Waals surface area contributed by atoms with Gasteiger partial charge in [0.1, 0.15) is 5.69 Å². The van der Waals surface area contributed by atoms with Gasteiger partial charge in [0.2, 0.25) is 0 Å². The van der Waals surface area contributed by atoms with Crippen LogP contribution < -0.4 is 10.2 Å². The summed E-state index contributed by atoms with van der Waals surface area (Å²) in [5.74, 6) is 1.63. The SMILES string of the molecule is CN1CCN(Cc2ccccc2-c2cc3nc(-c4ccco4)[nH][n+]3c(N)n2)CC1. The molecule has 0 atom stereocenters. The van der Waals surface area contributed by atoms with Crippen molar-refractivity contribution in [2.45, 2.75) is 6.54 Å². The third-order valence-electron chi connectivity index (χ3n) is 5.44. The number of anilines is 1. The second kappa shape index (κ2) is 7.31. The van der Waals surface area contributed by atoms with Gasteiger partial charge in [0, 0.05) is 44.4 Å². The number of rotatable bonds is 4. The normalized spacial score (nSPS) is 15.9. The Morgan fingerprint density at radius 1 is 1.10 bits per heavy atom. The molecule has 8 nitrogen and oxygen atoms in total. The largest absolute Gasteiger partial charge is 0.460 e. The molecule has 0 amide bonds. The molecular weight excluding hydrogens is 366 g/mol. The number of aromatic nitrogens is 4. The maximum absolute atomic E-state index is 6.24. The van der Waals surface area contributed by atoms with Crippen LogP contribution in [0.5, 0.6) is 0 Å². The van der Waals surface area contributed by atoms with Gasteiger partial charge < -0.3 is 15.1 Å². The lowest BCUT2D eigenvalue weighted by molar-refractivity contribution is -0.564. The van der Waals surface area contributed by atoms with Crippen molar-refractivity contribution in [3.05, 3.63) is 54.3 Å². The van der Waals surface area contributed by atoms with Gasteiger partial charge in [-0.05, 0) is 24.7 Å². The number of nitrogens with one attached hydrogen (secondary N) is 1. The summed E-state index contributed by atoms with van der Waals surface area (Å²) < 4.78 is 7.11. The molecule has 0 aliphatic carbocycles. The Kier molecular flexibility index (Phi) is 4.49. The predicted molar refractivity (Wildman–Crippen MR) is 110 cm³/mol. The van der Waals surface area contributed by atoms with E-state index in [2.05, 4.69) is 50.1 Å². The maximum atomic E-state index is 6.24. The highest BCUT2D eigenvalue weighted by molar-refractivity contribution is 5.67. The molecule has 29 heavy (non-hydrogen) atoms. The summed E-state index contributed by atoms with van der Waals surface area (Å²) in [5.41, 5.74) is 10.1. The number of fused-ring (bicyclic) bond motifs is 1. The minimum atomic E-state index is 0.359. The number of nitrogens with two attached hydrogens (primary N) is 1. The Hall–Kier alpha value is -3.23. The number of hydrogen-bond acceptors (Lipinski definition) is 6. The summed E-state index contributed by atoms with van der Waals surface area (Å²) in [5, 5.41) is 3.14. The van der Waals surface area contributed by atoms with Crippen molar-refractivity contribution in [3.63, 3.8) is 0 Å². The van der Waals surface area contributed by atoms with E-state index in [4.69, 9.17) is 10.2 Å². The van der Waals surface area contributed by atoms with Crippen molar-refractivity contribution in [1.29, 1.82) is 0 Å². The molecule has 4 heterocycles. The van der Waals surface area contributed by atoms with Crippen molar-refractivity contribution in [2.75, 3.05) is 39.0 Å². The first-order valence-corrected chi connectivity index (χ1v) is 9.79. The molecule has 0 unspecified atom stereocenters. The molecule has 0 radical (unpaired) electrons. The lowest BCUT2D eigenvalue weighted by Gasteiger charge is -2.32. The van der Waals surface area contributed by atoms with Gasteiger partial charge in [0.05, 0.1) is 6.26 Å². The fourth-order valence-electron chi connectivity index (χ4n) is 3.77. The van der Waals surface area contributed by atoms with Crippen LogP contribution in [0.25, 0.3) is 28.5 Å². The summed E-state index contributed by atoms with van der Waals surface area (Å²) in [6.07, 6.45) is 1.62. The summed E-state index contributed by atoms with van der Waals surface area (Å²) in [7, 11) is 2.17. The van der Waals surface area contributed by atoms with Crippen LogP contribution in [0.3, 0.4) is 0 Å². The number of aromatic amines is 1. The molecule has 0 spiro atoms. The van der Waals surface area contributed by atoms with E-state index in [1.807, 2.05) is 24.3 Å². The van der Waals surface area contributed by atoms with Crippen LogP contribution in [0.15, 0.2) is 53.1 Å². The summed E-state index contributed by atoms with van der Waals surface area (Å²) in [6.45, 7) is 5.23. The molecule has 148 valence electrons. The molecule has 5 rings (SSSR count). The van der Waals surface area contributed by atoms with E-state index in [1.54, 1.807) is 10.8 Å². The minimum Gasteiger partial charge on any atom is -0.460 e. The predicted octanol–water partition coefficient (Wildman–Crippen LogP) is 1.80. The van der Waals surface area contributed by atoms with Crippen LogP contribution >= 0.6 is 0 Å². The lowest BCUT2D eigenvalue weighted by atomic mass is 10.0. The topological polar surface area (TPSA) is 91.3 Å². The van der Waals surface area contributed by atoms with Crippen molar-refractivity contribution < 1.29 is 8.93 Å². The van der Waals surface area contributed by atoms with Gasteiger partial charge in [-0.25, -0.2) is 5.10 Å². The Bertz CT molecular complexity index is 1130. The van der Waals surface area contributed by atoms with Gasteiger partial charge in [-0.2, -0.15) is 0 Å². The summed E-state index contributed by atoms with van der Waals surface area (Å²) in [4.78, 5) is 14.1. The zero-order valence-electron chi connectivity index (χ0n) is 16.4.